The second-order valence-electron chi connectivity index (χ2n) is 21.1. The lowest BCUT2D eigenvalue weighted by Gasteiger charge is -2.18. The average Bonchev–Trinajstić information content (AvgIpc) is 3.08. The molecule has 0 unspecified atom stereocenters. The molecule has 86 heavy (non-hydrogen) atoms. The summed E-state index contributed by atoms with van der Waals surface area (Å²) < 4.78 is 19.1. The van der Waals surface area contributed by atoms with Crippen LogP contribution in [-0.4, -0.2) is 104 Å². The topological polar surface area (TPSA) is 333 Å². The molecule has 446 valence electrons. The minimum Gasteiger partial charge on any atom is -0.494 e. The van der Waals surface area contributed by atoms with Crippen LogP contribution in [-0.2, 0) is 30.0 Å². The SMILES string of the molecule is CC(C)(O)c1ccc(N)nc1.COC(=O)c1ccc(N)nc1.COc1c(Nc2cc(Cl)ncc2C(=O)C2CC2)cccc1-c1ncn(C)n1.COc1c(Nc2cc(Nc3ccc(C(C)(C)O)cn3)ncc2C(=O)C2CC2)cccc1-c1ncn(C)n1. The third-order valence-corrected chi connectivity index (χ3v) is 13.5. The Labute approximate surface area is 501 Å². The van der Waals surface area contributed by atoms with Gasteiger partial charge in [-0.05, 0) is 108 Å². The quantitative estimate of drug-likeness (QED) is 0.0253. The van der Waals surface area contributed by atoms with E-state index in [-0.39, 0.29) is 23.4 Å². The molecule has 9 aromatic rings. The summed E-state index contributed by atoms with van der Waals surface area (Å²) in [6, 6.07) is 24.8. The number of nitrogen functional groups attached to an aromatic ring is 2. The predicted octanol–water partition coefficient (Wildman–Crippen LogP) is 9.80. The summed E-state index contributed by atoms with van der Waals surface area (Å²) in [5, 5.41) is 38.6. The Kier molecular flexibility index (Phi) is 19.7. The van der Waals surface area contributed by atoms with E-state index in [1.165, 1.54) is 19.5 Å². The van der Waals surface area contributed by atoms with Gasteiger partial charge in [-0.1, -0.05) is 35.9 Å². The molecule has 0 saturated heterocycles. The van der Waals surface area contributed by atoms with Crippen molar-refractivity contribution in [2.24, 2.45) is 25.9 Å². The van der Waals surface area contributed by atoms with Gasteiger partial charge in [-0.15, -0.1) is 0 Å². The van der Waals surface area contributed by atoms with E-state index in [0.717, 1.165) is 42.4 Å². The summed E-state index contributed by atoms with van der Waals surface area (Å²) >= 11 is 6.07. The van der Waals surface area contributed by atoms with Crippen LogP contribution in [0.5, 0.6) is 11.5 Å². The molecular formula is C61H67ClN16O8. The number of esters is 1. The van der Waals surface area contributed by atoms with E-state index in [1.807, 2.05) is 42.5 Å². The molecule has 0 bridgehead atoms. The van der Waals surface area contributed by atoms with Crippen LogP contribution in [0.2, 0.25) is 5.15 Å². The zero-order chi connectivity index (χ0) is 61.9. The molecule has 2 aromatic carbocycles. The van der Waals surface area contributed by atoms with Crippen molar-refractivity contribution in [2.75, 3.05) is 48.7 Å². The molecule has 2 aliphatic rings. The van der Waals surface area contributed by atoms with Crippen LogP contribution in [0, 0.1) is 11.8 Å². The number of ketones is 2. The Bertz CT molecular complexity index is 3820. The lowest BCUT2D eigenvalue weighted by molar-refractivity contribution is 0.0599. The lowest BCUT2D eigenvalue weighted by atomic mass is 10.0. The van der Waals surface area contributed by atoms with Crippen molar-refractivity contribution in [1.29, 1.82) is 0 Å². The van der Waals surface area contributed by atoms with Crippen LogP contribution in [0.4, 0.5) is 46.0 Å². The number of aromatic nitrogens is 11. The molecule has 0 atom stereocenters. The number of halogens is 1. The summed E-state index contributed by atoms with van der Waals surface area (Å²) in [6.45, 7) is 6.83. The summed E-state index contributed by atoms with van der Waals surface area (Å²) in [4.78, 5) is 65.7. The highest BCUT2D eigenvalue weighted by Crippen LogP contribution is 2.42. The molecule has 7 heterocycles. The first-order chi connectivity index (χ1) is 41.0. The third kappa shape index (κ3) is 16.2. The number of benzene rings is 2. The molecule has 0 aliphatic heterocycles. The minimum atomic E-state index is -0.982. The number of carbonyl (C=O) groups is 3. The normalized spacial score (nSPS) is 12.6. The van der Waals surface area contributed by atoms with Crippen LogP contribution >= 0.6 is 11.6 Å². The number of hydrogen-bond acceptors (Lipinski definition) is 22. The fourth-order valence-electron chi connectivity index (χ4n) is 8.33. The molecule has 2 fully saturated rings. The van der Waals surface area contributed by atoms with Gasteiger partial charge in [0.2, 0.25) is 0 Å². The second kappa shape index (κ2) is 27.2. The van der Waals surface area contributed by atoms with Crippen molar-refractivity contribution in [1.82, 2.24) is 54.4 Å². The van der Waals surface area contributed by atoms with Crippen molar-refractivity contribution in [3.05, 3.63) is 162 Å². The first kappa shape index (κ1) is 62.1. The Balaban J connectivity index is 0.000000169. The lowest BCUT2D eigenvalue weighted by Crippen LogP contribution is -2.15. The zero-order valence-electron chi connectivity index (χ0n) is 48.9. The highest BCUT2D eigenvalue weighted by atomic mass is 35.5. The summed E-state index contributed by atoms with van der Waals surface area (Å²) in [7, 11) is 8.10. The van der Waals surface area contributed by atoms with Crippen molar-refractivity contribution in [3.63, 3.8) is 0 Å². The number of aliphatic hydroxyl groups is 2. The molecule has 9 N–H and O–H groups in total. The molecule has 11 rings (SSSR count). The number of hydrogen-bond donors (Lipinski definition) is 7. The fourth-order valence-corrected chi connectivity index (χ4v) is 8.49. The van der Waals surface area contributed by atoms with Crippen LogP contribution in [0.1, 0.15) is 95.6 Å². The number of Topliss-reactive ketones (excluding diaryl/α,β-unsaturated/α-hetero) is 2. The monoisotopic (exact) mass is 1190 g/mol. The van der Waals surface area contributed by atoms with E-state index < -0.39 is 17.2 Å². The van der Waals surface area contributed by atoms with Gasteiger partial charge in [0.05, 0.1) is 83.1 Å². The summed E-state index contributed by atoms with van der Waals surface area (Å²) in [6.07, 6.45) is 14.6. The number of para-hydroxylation sites is 2. The zero-order valence-corrected chi connectivity index (χ0v) is 49.7. The van der Waals surface area contributed by atoms with E-state index in [0.29, 0.717) is 96.6 Å². The molecule has 0 amide bonds. The number of nitrogens with two attached hydrogens (primary N) is 2. The highest BCUT2D eigenvalue weighted by Gasteiger charge is 2.34. The van der Waals surface area contributed by atoms with Gasteiger partial charge in [0.1, 0.15) is 41.1 Å². The first-order valence-electron chi connectivity index (χ1n) is 27.1. The maximum absolute atomic E-state index is 13.1. The van der Waals surface area contributed by atoms with Crippen molar-refractivity contribution >= 4 is 75.2 Å². The molecule has 2 saturated carbocycles. The van der Waals surface area contributed by atoms with Crippen molar-refractivity contribution in [2.45, 2.75) is 64.6 Å². The van der Waals surface area contributed by atoms with E-state index in [1.54, 1.807) is 139 Å². The van der Waals surface area contributed by atoms with Crippen LogP contribution in [0.15, 0.2) is 129 Å². The number of pyridine rings is 5. The van der Waals surface area contributed by atoms with Crippen molar-refractivity contribution in [3.8, 4) is 34.3 Å². The van der Waals surface area contributed by atoms with E-state index in [2.05, 4.69) is 65.8 Å². The summed E-state index contributed by atoms with van der Waals surface area (Å²) in [5.74, 6) is 4.04. The van der Waals surface area contributed by atoms with Gasteiger partial charge < -0.3 is 51.8 Å². The van der Waals surface area contributed by atoms with E-state index in [4.69, 9.17) is 32.5 Å². The van der Waals surface area contributed by atoms with Gasteiger partial charge in [0.15, 0.2) is 34.7 Å². The molecule has 0 spiro atoms. The standard InChI is InChI=1S/C27H29N7O3.C19H18ClN5O2.C8H12N2O.C7H8N2O2/c1-27(2,36)17-10-11-22(28-13-17)32-23-12-21(19(14-29-23)24(35)16-8-9-16)31-20-7-5-6-18(25(20)37-4)26-30-15-34(3)33-26;1-25-10-22-19(24-25)12-4-3-5-14(18(12)27-2)23-15-8-16(20)21-9-13(15)17(26)11-6-7-11;1-8(2,11)6-3-4-7(9)10-5-6;1-11-7(10)5-2-3-6(8)9-4-5/h5-7,10-16,36H,8-9H2,1-4H3,(H2,28,29,31,32);3-5,8-11H,6-7H2,1-2H3,(H,21,23);3-5,11H,1-2H3,(H2,9,10);2-4H,1H3,(H2,8,9). The smallest absolute Gasteiger partial charge is 0.339 e. The second-order valence-corrected chi connectivity index (χ2v) is 21.4. The maximum atomic E-state index is 13.1. The fraction of sp³-hybridized carbons (Fsp3) is 0.279. The largest absolute Gasteiger partial charge is 0.494 e. The Hall–Kier alpha value is -9.91. The number of nitrogens with zero attached hydrogens (tertiary/aromatic N) is 11. The average molecular weight is 1190 g/mol. The van der Waals surface area contributed by atoms with Crippen LogP contribution < -0.4 is 36.9 Å². The Morgan fingerprint density at radius 1 is 0.558 bits per heavy atom. The van der Waals surface area contributed by atoms with Gasteiger partial charge in [-0.2, -0.15) is 10.2 Å². The van der Waals surface area contributed by atoms with Gasteiger partial charge >= 0.3 is 5.97 Å². The van der Waals surface area contributed by atoms with E-state index in [9.17, 15) is 24.6 Å². The molecule has 0 radical (unpaired) electrons. The molecule has 25 heteroatoms. The van der Waals surface area contributed by atoms with Crippen LogP contribution in [0.3, 0.4) is 0 Å². The van der Waals surface area contributed by atoms with Gasteiger partial charge in [0, 0.05) is 74.1 Å². The number of methoxy groups -OCH3 is 3. The predicted molar refractivity (Wildman–Crippen MR) is 327 cm³/mol. The Morgan fingerprint density at radius 2 is 1.02 bits per heavy atom. The molecular weight excluding hydrogens is 1120 g/mol. The third-order valence-electron chi connectivity index (χ3n) is 13.3. The molecule has 2 aliphatic carbocycles. The maximum Gasteiger partial charge on any atom is 0.339 e. The number of aryl methyl sites for hydroxylation is 2. The molecule has 7 aromatic heterocycles. The number of rotatable bonds is 17. The summed E-state index contributed by atoms with van der Waals surface area (Å²) in [5.41, 5.74) is 15.8. The van der Waals surface area contributed by atoms with Crippen molar-refractivity contribution < 1.29 is 38.8 Å². The first-order valence-corrected chi connectivity index (χ1v) is 27.5. The molecule has 24 nitrogen and oxygen atoms in total. The van der Waals surface area contributed by atoms with E-state index >= 15 is 0 Å². The van der Waals surface area contributed by atoms with Gasteiger partial charge in [-0.3, -0.25) is 19.0 Å². The highest BCUT2D eigenvalue weighted by molar-refractivity contribution is 6.30. The minimum absolute atomic E-state index is 0.0307. The van der Waals surface area contributed by atoms with Crippen LogP contribution in [0.25, 0.3) is 22.8 Å². The van der Waals surface area contributed by atoms with Gasteiger partial charge in [0.25, 0.3) is 0 Å². The van der Waals surface area contributed by atoms with Gasteiger partial charge in [-0.25, -0.2) is 39.7 Å². The Morgan fingerprint density at radius 3 is 1.43 bits per heavy atom. The number of carbonyl (C=O) groups excluding carboxylic acids is 3. The number of ether oxygens (including phenoxy) is 3. The number of nitrogens with one attached hydrogen (secondary N) is 3. The number of anilines is 8.